The monoisotopic (exact) mass is 360 g/mol. The summed E-state index contributed by atoms with van der Waals surface area (Å²) in [6.45, 7) is 2.37. The van der Waals surface area contributed by atoms with Crippen molar-refractivity contribution in [2.24, 2.45) is 0 Å². The summed E-state index contributed by atoms with van der Waals surface area (Å²) in [5, 5.41) is 6.42. The summed E-state index contributed by atoms with van der Waals surface area (Å²) in [5.41, 5.74) is 2.37. The Kier molecular flexibility index (Phi) is 6.83. The van der Waals surface area contributed by atoms with Crippen molar-refractivity contribution in [3.8, 4) is 0 Å². The molecule has 2 amide bonds. The third kappa shape index (κ3) is 5.50. The molecule has 0 bridgehead atoms. The van der Waals surface area contributed by atoms with E-state index >= 15 is 0 Å². The molecule has 0 aliphatic rings. The van der Waals surface area contributed by atoms with Gasteiger partial charge < -0.3 is 15.4 Å². The van der Waals surface area contributed by atoms with Gasteiger partial charge in [-0.3, -0.25) is 0 Å². The van der Waals surface area contributed by atoms with Gasteiger partial charge in [-0.15, -0.1) is 0 Å². The van der Waals surface area contributed by atoms with E-state index in [2.05, 4.69) is 15.4 Å². The number of carbonyl (C=O) groups is 2. The molecule has 0 aromatic heterocycles. The number of hydrogen-bond donors (Lipinski definition) is 2. The van der Waals surface area contributed by atoms with Crippen LogP contribution in [0.4, 0.5) is 4.79 Å². The second-order valence-corrected chi connectivity index (χ2v) is 5.96. The van der Waals surface area contributed by atoms with E-state index in [1.807, 2.05) is 31.2 Å². The second kappa shape index (κ2) is 9.08. The van der Waals surface area contributed by atoms with Crippen molar-refractivity contribution in [2.45, 2.75) is 25.9 Å². The third-order valence-corrected chi connectivity index (χ3v) is 4.07. The van der Waals surface area contributed by atoms with Crippen molar-refractivity contribution in [2.75, 3.05) is 7.11 Å². The van der Waals surface area contributed by atoms with Crippen LogP contribution in [0.3, 0.4) is 0 Å². The van der Waals surface area contributed by atoms with Crippen molar-refractivity contribution in [3.05, 3.63) is 70.2 Å². The quantitative estimate of drug-likeness (QED) is 0.763. The van der Waals surface area contributed by atoms with Gasteiger partial charge in [0.2, 0.25) is 0 Å². The first kappa shape index (κ1) is 18.8. The number of methoxy groups -OCH3 is 1. The molecule has 0 heterocycles. The Labute approximate surface area is 152 Å². The van der Waals surface area contributed by atoms with Gasteiger partial charge in [0, 0.05) is 11.6 Å². The fourth-order valence-corrected chi connectivity index (χ4v) is 2.51. The van der Waals surface area contributed by atoms with E-state index in [9.17, 15) is 9.59 Å². The van der Waals surface area contributed by atoms with Crippen LogP contribution >= 0.6 is 11.6 Å². The van der Waals surface area contributed by atoms with E-state index in [-0.39, 0.29) is 18.0 Å². The predicted octanol–water partition coefficient (Wildman–Crippen LogP) is 4.08. The Morgan fingerprint density at radius 1 is 1.08 bits per heavy atom. The molecule has 0 saturated heterocycles. The highest BCUT2D eigenvalue weighted by atomic mass is 35.5. The lowest BCUT2D eigenvalue weighted by molar-refractivity contribution is 0.0600. The predicted molar refractivity (Wildman–Crippen MR) is 97.6 cm³/mol. The fraction of sp³-hybridized carbons (Fsp3) is 0.263. The van der Waals surface area contributed by atoms with Gasteiger partial charge in [0.05, 0.1) is 18.7 Å². The van der Waals surface area contributed by atoms with Crippen LogP contribution in [0.25, 0.3) is 0 Å². The Balaban J connectivity index is 1.88. The first-order valence-electron chi connectivity index (χ1n) is 8.00. The second-order valence-electron chi connectivity index (χ2n) is 5.53. The molecule has 6 heteroatoms. The first-order valence-corrected chi connectivity index (χ1v) is 8.38. The number of ether oxygens (including phenoxy) is 1. The Hall–Kier alpha value is -2.53. The van der Waals surface area contributed by atoms with E-state index < -0.39 is 0 Å². The van der Waals surface area contributed by atoms with Crippen molar-refractivity contribution >= 4 is 23.6 Å². The molecule has 1 atom stereocenters. The molecule has 0 radical (unpaired) electrons. The smallest absolute Gasteiger partial charge is 0.337 e. The summed E-state index contributed by atoms with van der Waals surface area (Å²) < 4.78 is 4.65. The van der Waals surface area contributed by atoms with Gasteiger partial charge in [-0.1, -0.05) is 42.8 Å². The topological polar surface area (TPSA) is 67.4 Å². The maximum atomic E-state index is 12.1. The summed E-state index contributed by atoms with van der Waals surface area (Å²) in [7, 11) is 1.34. The van der Waals surface area contributed by atoms with E-state index in [1.165, 1.54) is 7.11 Å². The Morgan fingerprint density at radius 3 is 2.28 bits per heavy atom. The third-order valence-electron chi connectivity index (χ3n) is 3.81. The van der Waals surface area contributed by atoms with Crippen LogP contribution in [-0.4, -0.2) is 19.1 Å². The number of rotatable bonds is 6. The lowest BCUT2D eigenvalue weighted by atomic mass is 10.1. The number of carbonyl (C=O) groups excluding carboxylic acids is 2. The largest absolute Gasteiger partial charge is 0.465 e. The maximum absolute atomic E-state index is 12.1. The van der Waals surface area contributed by atoms with E-state index in [1.54, 1.807) is 24.3 Å². The lowest BCUT2D eigenvalue weighted by Crippen LogP contribution is -2.37. The van der Waals surface area contributed by atoms with Crippen LogP contribution in [0.5, 0.6) is 0 Å². The van der Waals surface area contributed by atoms with Crippen LogP contribution in [0.1, 0.15) is 40.9 Å². The summed E-state index contributed by atoms with van der Waals surface area (Å²) in [5.74, 6) is -0.383. The summed E-state index contributed by atoms with van der Waals surface area (Å²) >= 11 is 5.89. The van der Waals surface area contributed by atoms with Gasteiger partial charge in [0.25, 0.3) is 0 Å². The molecule has 2 aromatic carbocycles. The van der Waals surface area contributed by atoms with Gasteiger partial charge in [-0.25, -0.2) is 9.59 Å². The van der Waals surface area contributed by atoms with Crippen LogP contribution in [-0.2, 0) is 11.3 Å². The lowest BCUT2D eigenvalue weighted by Gasteiger charge is -2.18. The van der Waals surface area contributed by atoms with Gasteiger partial charge in [0.15, 0.2) is 0 Å². The van der Waals surface area contributed by atoms with Crippen LogP contribution in [0, 0.1) is 0 Å². The van der Waals surface area contributed by atoms with Crippen LogP contribution in [0.15, 0.2) is 48.5 Å². The normalized spacial score (nSPS) is 11.5. The maximum Gasteiger partial charge on any atom is 0.337 e. The van der Waals surface area contributed by atoms with Crippen molar-refractivity contribution in [1.82, 2.24) is 10.6 Å². The molecule has 0 saturated carbocycles. The molecule has 0 aliphatic carbocycles. The average molecular weight is 361 g/mol. The van der Waals surface area contributed by atoms with Crippen LogP contribution < -0.4 is 10.6 Å². The molecule has 2 aromatic rings. The average Bonchev–Trinajstić information content (AvgIpc) is 2.65. The number of esters is 1. The number of urea groups is 1. The van der Waals surface area contributed by atoms with Gasteiger partial charge in [-0.05, 0) is 41.8 Å². The zero-order valence-corrected chi connectivity index (χ0v) is 15.0. The number of benzene rings is 2. The van der Waals surface area contributed by atoms with Crippen molar-refractivity contribution in [3.63, 3.8) is 0 Å². The first-order chi connectivity index (χ1) is 12.0. The highest BCUT2D eigenvalue weighted by molar-refractivity contribution is 6.30. The number of halogens is 1. The van der Waals surface area contributed by atoms with Gasteiger partial charge in [-0.2, -0.15) is 0 Å². The van der Waals surface area contributed by atoms with Crippen molar-refractivity contribution in [1.29, 1.82) is 0 Å². The molecule has 0 fully saturated rings. The van der Waals surface area contributed by atoms with E-state index in [0.29, 0.717) is 17.1 Å². The molecule has 2 N–H and O–H groups in total. The summed E-state index contributed by atoms with van der Waals surface area (Å²) in [6.07, 6.45) is 0.767. The zero-order chi connectivity index (χ0) is 18.2. The van der Waals surface area contributed by atoms with E-state index in [0.717, 1.165) is 17.5 Å². The minimum atomic E-state index is -0.383. The highest BCUT2D eigenvalue weighted by Gasteiger charge is 2.12. The molecule has 5 nitrogen and oxygen atoms in total. The van der Waals surface area contributed by atoms with E-state index in [4.69, 9.17) is 11.6 Å². The fourth-order valence-electron chi connectivity index (χ4n) is 2.38. The SMILES string of the molecule is CCC(NC(=O)NCc1ccc(C(=O)OC)cc1)c1ccc(Cl)cc1. The van der Waals surface area contributed by atoms with Crippen molar-refractivity contribution < 1.29 is 14.3 Å². The van der Waals surface area contributed by atoms with Gasteiger partial charge in [0.1, 0.15) is 0 Å². The summed E-state index contributed by atoms with van der Waals surface area (Å²) in [6, 6.07) is 14.0. The van der Waals surface area contributed by atoms with Gasteiger partial charge >= 0.3 is 12.0 Å². The molecule has 1 unspecified atom stereocenters. The molecule has 132 valence electrons. The zero-order valence-electron chi connectivity index (χ0n) is 14.2. The highest BCUT2D eigenvalue weighted by Crippen LogP contribution is 2.19. The number of amides is 2. The number of hydrogen-bond acceptors (Lipinski definition) is 3. The molecule has 0 aliphatic heterocycles. The number of nitrogens with one attached hydrogen (secondary N) is 2. The Morgan fingerprint density at radius 2 is 1.72 bits per heavy atom. The molecular weight excluding hydrogens is 340 g/mol. The Bertz CT molecular complexity index is 714. The minimum absolute atomic E-state index is 0.0843. The molecular formula is C19H21ClN2O3. The summed E-state index contributed by atoms with van der Waals surface area (Å²) in [4.78, 5) is 23.5. The van der Waals surface area contributed by atoms with Crippen LogP contribution in [0.2, 0.25) is 5.02 Å². The standard InChI is InChI=1S/C19H21ClN2O3/c1-3-17(14-8-10-16(20)11-9-14)22-19(24)21-12-13-4-6-15(7-5-13)18(23)25-2/h4-11,17H,3,12H2,1-2H3,(H2,21,22,24). The minimum Gasteiger partial charge on any atom is -0.465 e. The molecule has 0 spiro atoms. The molecule has 2 rings (SSSR count). The molecule has 25 heavy (non-hydrogen) atoms.